The quantitative estimate of drug-likeness (QED) is 0.871. The van der Waals surface area contributed by atoms with E-state index < -0.39 is 0 Å². The average Bonchev–Trinajstić information content (AvgIpc) is 2.97. The highest BCUT2D eigenvalue weighted by molar-refractivity contribution is 6.32. The molecule has 3 rings (SSSR count). The van der Waals surface area contributed by atoms with Crippen molar-refractivity contribution in [1.29, 1.82) is 0 Å². The van der Waals surface area contributed by atoms with Gasteiger partial charge in [-0.2, -0.15) is 0 Å². The topological polar surface area (TPSA) is 80.9 Å². The average molecular weight is 293 g/mol. The first-order valence-electron chi connectivity index (χ1n) is 6.45. The van der Waals surface area contributed by atoms with E-state index in [1.807, 2.05) is 0 Å². The summed E-state index contributed by atoms with van der Waals surface area (Å²) in [5.41, 5.74) is 0.394. The maximum absolute atomic E-state index is 12.3. The van der Waals surface area contributed by atoms with Crippen LogP contribution in [0, 0.1) is 5.92 Å². The summed E-state index contributed by atoms with van der Waals surface area (Å²) in [6, 6.07) is 3.39. The van der Waals surface area contributed by atoms with E-state index in [4.69, 9.17) is 16.0 Å². The third kappa shape index (κ3) is 2.57. The minimum Gasteiger partial charge on any atom is -0.412 e. The predicted molar refractivity (Wildman–Crippen MR) is 72.5 cm³/mol. The molecule has 0 saturated carbocycles. The first-order chi connectivity index (χ1) is 9.75. The zero-order valence-corrected chi connectivity index (χ0v) is 11.4. The van der Waals surface area contributed by atoms with Crippen molar-refractivity contribution in [2.75, 3.05) is 13.1 Å². The first kappa shape index (κ1) is 13.2. The summed E-state index contributed by atoms with van der Waals surface area (Å²) in [6.45, 7) is 1.67. The molecule has 6 nitrogen and oxygen atoms in total. The summed E-state index contributed by atoms with van der Waals surface area (Å²) < 4.78 is 5.43. The summed E-state index contributed by atoms with van der Waals surface area (Å²) >= 11 is 6.01. The molecular formula is C13H13ClN4O2. The molecular weight excluding hydrogens is 280 g/mol. The lowest BCUT2D eigenvalue weighted by Gasteiger charge is -2.19. The Balaban J connectivity index is 1.83. The van der Waals surface area contributed by atoms with Crippen molar-refractivity contribution >= 4 is 17.4 Å². The fraction of sp³-hybridized carbons (Fsp3) is 0.385. The highest BCUT2D eigenvalue weighted by Gasteiger charge is 2.27. The van der Waals surface area contributed by atoms with E-state index >= 15 is 0 Å². The summed E-state index contributed by atoms with van der Waals surface area (Å²) in [5.74, 6) is 0.0579. The van der Waals surface area contributed by atoms with E-state index in [2.05, 4.69) is 20.5 Å². The molecule has 0 amide bonds. The number of aromatic nitrogens is 3. The van der Waals surface area contributed by atoms with E-state index in [9.17, 15) is 4.79 Å². The molecule has 0 atom stereocenters. The largest absolute Gasteiger partial charge is 0.412 e. The van der Waals surface area contributed by atoms with E-state index in [1.54, 1.807) is 18.3 Å². The SMILES string of the molecule is O=C(c1nnc(-c2ncccc2Cl)o1)C1CCNCC1. The van der Waals surface area contributed by atoms with E-state index in [1.165, 1.54) is 0 Å². The van der Waals surface area contributed by atoms with Crippen LogP contribution >= 0.6 is 11.6 Å². The van der Waals surface area contributed by atoms with E-state index in [0.29, 0.717) is 10.7 Å². The Labute approximate surface area is 120 Å². The molecule has 0 bridgehead atoms. The van der Waals surface area contributed by atoms with E-state index in [0.717, 1.165) is 25.9 Å². The molecule has 20 heavy (non-hydrogen) atoms. The zero-order chi connectivity index (χ0) is 13.9. The lowest BCUT2D eigenvalue weighted by molar-refractivity contribution is 0.0859. The van der Waals surface area contributed by atoms with Gasteiger partial charge in [0, 0.05) is 12.1 Å². The Bertz CT molecular complexity index is 622. The second-order valence-electron chi connectivity index (χ2n) is 4.63. The molecule has 0 spiro atoms. The van der Waals surface area contributed by atoms with Crippen molar-refractivity contribution in [3.63, 3.8) is 0 Å². The number of nitrogens with zero attached hydrogens (tertiary/aromatic N) is 3. The predicted octanol–water partition coefficient (Wildman–Crippen LogP) is 1.97. The number of carbonyl (C=O) groups excluding carboxylic acids is 1. The summed E-state index contributed by atoms with van der Waals surface area (Å²) in [7, 11) is 0. The fourth-order valence-electron chi connectivity index (χ4n) is 2.22. The van der Waals surface area contributed by atoms with Gasteiger partial charge >= 0.3 is 0 Å². The Morgan fingerprint density at radius 3 is 2.90 bits per heavy atom. The number of nitrogens with one attached hydrogen (secondary N) is 1. The van der Waals surface area contributed by atoms with Gasteiger partial charge in [-0.25, -0.2) is 4.98 Å². The van der Waals surface area contributed by atoms with Crippen LogP contribution in [-0.2, 0) is 0 Å². The number of ketones is 1. The van der Waals surface area contributed by atoms with Crippen molar-refractivity contribution in [3.05, 3.63) is 29.2 Å². The normalized spacial score (nSPS) is 16.2. The van der Waals surface area contributed by atoms with Gasteiger partial charge in [-0.15, -0.1) is 10.2 Å². The Kier molecular flexibility index (Phi) is 3.75. The van der Waals surface area contributed by atoms with Crippen molar-refractivity contribution < 1.29 is 9.21 Å². The molecule has 0 aliphatic carbocycles. The summed E-state index contributed by atoms with van der Waals surface area (Å²) in [6.07, 6.45) is 3.17. The molecule has 0 unspecified atom stereocenters. The van der Waals surface area contributed by atoms with Crippen LogP contribution in [0.1, 0.15) is 23.5 Å². The van der Waals surface area contributed by atoms with Crippen LogP contribution in [0.2, 0.25) is 5.02 Å². The van der Waals surface area contributed by atoms with Gasteiger partial charge in [0.15, 0.2) is 0 Å². The van der Waals surface area contributed by atoms with Gasteiger partial charge in [-0.3, -0.25) is 4.79 Å². The van der Waals surface area contributed by atoms with Crippen molar-refractivity contribution in [2.24, 2.45) is 5.92 Å². The van der Waals surface area contributed by atoms with Crippen LogP contribution in [0.4, 0.5) is 0 Å². The fourth-order valence-corrected chi connectivity index (χ4v) is 2.42. The van der Waals surface area contributed by atoms with Crippen LogP contribution in [-0.4, -0.2) is 34.1 Å². The van der Waals surface area contributed by atoms with Crippen molar-refractivity contribution in [2.45, 2.75) is 12.8 Å². The Morgan fingerprint density at radius 2 is 2.15 bits per heavy atom. The maximum atomic E-state index is 12.3. The smallest absolute Gasteiger partial charge is 0.284 e. The molecule has 0 radical (unpaired) electrons. The lowest BCUT2D eigenvalue weighted by atomic mass is 9.93. The Hall–Kier alpha value is -1.79. The monoisotopic (exact) mass is 292 g/mol. The Morgan fingerprint density at radius 1 is 1.35 bits per heavy atom. The van der Waals surface area contributed by atoms with Crippen LogP contribution in [0.3, 0.4) is 0 Å². The molecule has 1 saturated heterocycles. The van der Waals surface area contributed by atoms with Gasteiger partial charge in [0.05, 0.1) is 5.02 Å². The number of piperidine rings is 1. The molecule has 1 N–H and O–H groups in total. The number of hydrogen-bond acceptors (Lipinski definition) is 6. The minimum absolute atomic E-state index is 0.0358. The third-order valence-electron chi connectivity index (χ3n) is 3.31. The number of pyridine rings is 1. The van der Waals surface area contributed by atoms with Gasteiger partial charge in [0.25, 0.3) is 11.8 Å². The number of Topliss-reactive ketones (excluding diaryl/α,β-unsaturated/α-hetero) is 1. The van der Waals surface area contributed by atoms with Crippen LogP contribution < -0.4 is 5.32 Å². The summed E-state index contributed by atoms with van der Waals surface area (Å²) in [5, 5.41) is 11.3. The maximum Gasteiger partial charge on any atom is 0.284 e. The number of halogens is 1. The second-order valence-corrected chi connectivity index (χ2v) is 5.04. The van der Waals surface area contributed by atoms with Crippen LogP contribution in [0.5, 0.6) is 0 Å². The number of rotatable bonds is 3. The second kappa shape index (κ2) is 5.68. The third-order valence-corrected chi connectivity index (χ3v) is 3.61. The van der Waals surface area contributed by atoms with Gasteiger partial charge in [0.1, 0.15) is 5.69 Å². The molecule has 1 aliphatic rings. The summed E-state index contributed by atoms with van der Waals surface area (Å²) in [4.78, 5) is 16.3. The van der Waals surface area contributed by atoms with Crippen LogP contribution in [0.15, 0.2) is 22.7 Å². The minimum atomic E-state index is -0.0997. The standard InChI is InChI=1S/C13H13ClN4O2/c14-9-2-1-5-16-10(9)12-17-18-13(20-12)11(19)8-3-6-15-7-4-8/h1-2,5,8,15H,3-4,6-7H2. The molecule has 2 aromatic heterocycles. The van der Waals surface area contributed by atoms with Gasteiger partial charge < -0.3 is 9.73 Å². The van der Waals surface area contributed by atoms with Crippen LogP contribution in [0.25, 0.3) is 11.6 Å². The van der Waals surface area contributed by atoms with Gasteiger partial charge in [-0.1, -0.05) is 11.6 Å². The highest BCUT2D eigenvalue weighted by atomic mass is 35.5. The highest BCUT2D eigenvalue weighted by Crippen LogP contribution is 2.25. The number of carbonyl (C=O) groups is 1. The van der Waals surface area contributed by atoms with Crippen molar-refractivity contribution in [3.8, 4) is 11.6 Å². The number of hydrogen-bond donors (Lipinski definition) is 1. The lowest BCUT2D eigenvalue weighted by Crippen LogP contribution is -2.32. The molecule has 3 heterocycles. The zero-order valence-electron chi connectivity index (χ0n) is 10.7. The van der Waals surface area contributed by atoms with Gasteiger partial charge in [0.2, 0.25) is 5.78 Å². The first-order valence-corrected chi connectivity index (χ1v) is 6.83. The van der Waals surface area contributed by atoms with Crippen molar-refractivity contribution in [1.82, 2.24) is 20.5 Å². The molecule has 104 valence electrons. The molecule has 1 fully saturated rings. The molecule has 0 aromatic carbocycles. The molecule has 2 aromatic rings. The molecule has 1 aliphatic heterocycles. The van der Waals surface area contributed by atoms with E-state index in [-0.39, 0.29) is 23.5 Å². The molecule has 7 heteroatoms. The van der Waals surface area contributed by atoms with Gasteiger partial charge in [-0.05, 0) is 38.1 Å².